The zero-order valence-corrected chi connectivity index (χ0v) is 18.8. The Bertz CT molecular complexity index is 1160. The first kappa shape index (κ1) is 22.7. The number of rotatable bonds is 8. The number of nitrogens with zero attached hydrogens (tertiary/aromatic N) is 1. The minimum atomic E-state index is -4.04. The lowest BCUT2D eigenvalue weighted by atomic mass is 10.2. The Labute approximate surface area is 187 Å². The van der Waals surface area contributed by atoms with Gasteiger partial charge in [0.25, 0.3) is 10.0 Å². The van der Waals surface area contributed by atoms with Gasteiger partial charge in [-0.3, -0.25) is 9.10 Å². The molecule has 0 aliphatic carbocycles. The summed E-state index contributed by atoms with van der Waals surface area (Å²) in [6.45, 7) is 3.59. The molecule has 0 heterocycles. The van der Waals surface area contributed by atoms with E-state index in [0.717, 1.165) is 9.87 Å². The third-order valence-electron chi connectivity index (χ3n) is 4.44. The van der Waals surface area contributed by atoms with Gasteiger partial charge in [0.2, 0.25) is 5.91 Å². The third-order valence-corrected chi connectivity index (χ3v) is 6.45. The molecule has 6 nitrogen and oxygen atoms in total. The standard InChI is InChI=1S/C23H23ClN2O4S/c1-3-30-22-10-5-4-9-21(22)26(31(28,29)20-13-11-17(2)12-14-20)16-23(27)25-19-8-6-7-18(24)15-19/h4-15H,3,16H2,1-2H3,(H,25,27). The van der Waals surface area contributed by atoms with Gasteiger partial charge in [-0.1, -0.05) is 47.5 Å². The normalized spacial score (nSPS) is 11.1. The highest BCUT2D eigenvalue weighted by molar-refractivity contribution is 7.92. The van der Waals surface area contributed by atoms with Gasteiger partial charge >= 0.3 is 0 Å². The summed E-state index contributed by atoms with van der Waals surface area (Å²) in [5.74, 6) is -0.138. The molecule has 0 saturated carbocycles. The van der Waals surface area contributed by atoms with E-state index in [1.807, 2.05) is 6.92 Å². The summed E-state index contributed by atoms with van der Waals surface area (Å²) in [5, 5.41) is 3.16. The smallest absolute Gasteiger partial charge is 0.264 e. The monoisotopic (exact) mass is 458 g/mol. The lowest BCUT2D eigenvalue weighted by Crippen LogP contribution is -2.38. The molecule has 0 atom stereocenters. The van der Waals surface area contributed by atoms with Crippen LogP contribution in [-0.2, 0) is 14.8 Å². The number of carbonyl (C=O) groups is 1. The van der Waals surface area contributed by atoms with Crippen molar-refractivity contribution < 1.29 is 17.9 Å². The first-order valence-electron chi connectivity index (χ1n) is 9.68. The number of hydrogen-bond acceptors (Lipinski definition) is 4. The molecule has 0 saturated heterocycles. The number of para-hydroxylation sites is 2. The molecule has 0 radical (unpaired) electrons. The SMILES string of the molecule is CCOc1ccccc1N(CC(=O)Nc1cccc(Cl)c1)S(=O)(=O)c1ccc(C)cc1. The first-order valence-corrected chi connectivity index (χ1v) is 11.5. The predicted molar refractivity (Wildman–Crippen MR) is 123 cm³/mol. The van der Waals surface area contributed by atoms with Crippen molar-refractivity contribution in [3.8, 4) is 5.75 Å². The number of halogens is 1. The maximum absolute atomic E-state index is 13.5. The fourth-order valence-electron chi connectivity index (χ4n) is 2.98. The molecule has 3 rings (SSSR count). The van der Waals surface area contributed by atoms with Crippen molar-refractivity contribution >= 4 is 38.9 Å². The average Bonchev–Trinajstić information content (AvgIpc) is 2.73. The van der Waals surface area contributed by atoms with Gasteiger partial charge in [0.15, 0.2) is 0 Å². The maximum Gasteiger partial charge on any atom is 0.264 e. The van der Waals surface area contributed by atoms with E-state index in [9.17, 15) is 13.2 Å². The van der Waals surface area contributed by atoms with E-state index in [2.05, 4.69) is 5.32 Å². The molecular formula is C23H23ClN2O4S. The van der Waals surface area contributed by atoms with E-state index in [4.69, 9.17) is 16.3 Å². The first-order chi connectivity index (χ1) is 14.8. The maximum atomic E-state index is 13.5. The van der Waals surface area contributed by atoms with Crippen LogP contribution in [0.5, 0.6) is 5.75 Å². The molecule has 0 bridgehead atoms. The summed E-state index contributed by atoms with van der Waals surface area (Å²) in [6, 6.07) is 19.9. The summed E-state index contributed by atoms with van der Waals surface area (Å²) in [7, 11) is -4.04. The lowest BCUT2D eigenvalue weighted by molar-refractivity contribution is -0.114. The number of hydrogen-bond donors (Lipinski definition) is 1. The van der Waals surface area contributed by atoms with E-state index in [1.54, 1.807) is 67.6 Å². The van der Waals surface area contributed by atoms with E-state index in [0.29, 0.717) is 23.1 Å². The lowest BCUT2D eigenvalue weighted by Gasteiger charge is -2.26. The summed E-state index contributed by atoms with van der Waals surface area (Å²) >= 11 is 5.98. The van der Waals surface area contributed by atoms with E-state index >= 15 is 0 Å². The second kappa shape index (κ2) is 9.85. The number of sulfonamides is 1. The Balaban J connectivity index is 2.00. The topological polar surface area (TPSA) is 75.7 Å². The number of aryl methyl sites for hydroxylation is 1. The van der Waals surface area contributed by atoms with Gasteiger partial charge in [0.05, 0.1) is 17.2 Å². The molecule has 0 spiro atoms. The van der Waals surface area contributed by atoms with Gasteiger partial charge in [0, 0.05) is 10.7 Å². The van der Waals surface area contributed by atoms with Gasteiger partial charge in [0.1, 0.15) is 12.3 Å². The zero-order chi connectivity index (χ0) is 22.4. The Hall–Kier alpha value is -3.03. The molecule has 8 heteroatoms. The Morgan fingerprint density at radius 2 is 1.74 bits per heavy atom. The van der Waals surface area contributed by atoms with Crippen LogP contribution in [0.4, 0.5) is 11.4 Å². The molecule has 162 valence electrons. The predicted octanol–water partition coefficient (Wildman–Crippen LogP) is 4.88. The van der Waals surface area contributed by atoms with Crippen LogP contribution in [0.3, 0.4) is 0 Å². The van der Waals surface area contributed by atoms with E-state index in [-0.39, 0.29) is 10.6 Å². The van der Waals surface area contributed by atoms with Gasteiger partial charge in [-0.15, -0.1) is 0 Å². The number of nitrogens with one attached hydrogen (secondary N) is 1. The Morgan fingerprint density at radius 3 is 2.42 bits per heavy atom. The van der Waals surface area contributed by atoms with Crippen LogP contribution in [0.2, 0.25) is 5.02 Å². The van der Waals surface area contributed by atoms with Crippen molar-refractivity contribution in [2.24, 2.45) is 0 Å². The van der Waals surface area contributed by atoms with E-state index in [1.165, 1.54) is 12.1 Å². The van der Waals surface area contributed by atoms with Gasteiger partial charge < -0.3 is 10.1 Å². The largest absolute Gasteiger partial charge is 0.492 e. The van der Waals surface area contributed by atoms with E-state index < -0.39 is 22.5 Å². The van der Waals surface area contributed by atoms with Crippen molar-refractivity contribution in [3.05, 3.63) is 83.4 Å². The van der Waals surface area contributed by atoms with Crippen LogP contribution in [0.1, 0.15) is 12.5 Å². The summed E-state index contributed by atoms with van der Waals surface area (Å²) < 4.78 is 33.7. The number of benzene rings is 3. The Kier molecular flexibility index (Phi) is 7.20. The van der Waals surface area contributed by atoms with Crippen molar-refractivity contribution in [2.45, 2.75) is 18.7 Å². The fraction of sp³-hybridized carbons (Fsp3) is 0.174. The number of carbonyl (C=O) groups excluding carboxylic acids is 1. The summed E-state index contributed by atoms with van der Waals surface area (Å²) in [4.78, 5) is 12.9. The highest BCUT2D eigenvalue weighted by Crippen LogP contribution is 2.32. The fourth-order valence-corrected chi connectivity index (χ4v) is 4.60. The number of ether oxygens (including phenoxy) is 1. The second-order valence-corrected chi connectivity index (χ2v) is 9.08. The zero-order valence-electron chi connectivity index (χ0n) is 17.2. The summed E-state index contributed by atoms with van der Waals surface area (Å²) in [6.07, 6.45) is 0. The molecule has 0 aliphatic heterocycles. The van der Waals surface area contributed by atoms with Crippen molar-refractivity contribution in [3.63, 3.8) is 0 Å². The van der Waals surface area contributed by atoms with Crippen molar-refractivity contribution in [1.82, 2.24) is 0 Å². The van der Waals surface area contributed by atoms with Gasteiger partial charge in [-0.2, -0.15) is 0 Å². The summed E-state index contributed by atoms with van der Waals surface area (Å²) in [5.41, 5.74) is 1.69. The highest BCUT2D eigenvalue weighted by atomic mass is 35.5. The average molecular weight is 459 g/mol. The molecular weight excluding hydrogens is 436 g/mol. The third kappa shape index (κ3) is 5.57. The number of anilines is 2. The molecule has 31 heavy (non-hydrogen) atoms. The van der Waals surface area contributed by atoms with Crippen LogP contribution in [0.15, 0.2) is 77.7 Å². The van der Waals surface area contributed by atoms with Crippen molar-refractivity contribution in [2.75, 3.05) is 22.8 Å². The van der Waals surface area contributed by atoms with Gasteiger partial charge in [-0.05, 0) is 56.3 Å². The van der Waals surface area contributed by atoms with Crippen LogP contribution in [-0.4, -0.2) is 27.5 Å². The van der Waals surface area contributed by atoms with Crippen LogP contribution in [0, 0.1) is 6.92 Å². The number of amides is 1. The molecule has 0 aliphatic rings. The molecule has 0 aromatic heterocycles. The molecule has 1 amide bonds. The van der Waals surface area contributed by atoms with Crippen LogP contribution >= 0.6 is 11.6 Å². The molecule has 0 fully saturated rings. The molecule has 0 unspecified atom stereocenters. The minimum Gasteiger partial charge on any atom is -0.492 e. The molecule has 3 aromatic rings. The second-order valence-electron chi connectivity index (χ2n) is 6.78. The Morgan fingerprint density at radius 1 is 1.03 bits per heavy atom. The van der Waals surface area contributed by atoms with Crippen LogP contribution in [0.25, 0.3) is 0 Å². The highest BCUT2D eigenvalue weighted by Gasteiger charge is 2.29. The molecule has 1 N–H and O–H groups in total. The minimum absolute atomic E-state index is 0.0833. The quantitative estimate of drug-likeness (QED) is 0.522. The molecule has 3 aromatic carbocycles. The van der Waals surface area contributed by atoms with Crippen molar-refractivity contribution in [1.29, 1.82) is 0 Å². The van der Waals surface area contributed by atoms with Crippen LogP contribution < -0.4 is 14.4 Å². The van der Waals surface area contributed by atoms with Gasteiger partial charge in [-0.25, -0.2) is 8.42 Å².